The number of carbonyl (C=O) groups is 1. The number of hydrogen-bond donors (Lipinski definition) is 0. The number of likely N-dealkylation sites (N-methyl/N-ethyl adjacent to an activating group) is 1. The van der Waals surface area contributed by atoms with Gasteiger partial charge in [-0.1, -0.05) is 193 Å². The van der Waals surface area contributed by atoms with Gasteiger partial charge in [0.25, 0.3) is 7.82 Å². The summed E-state index contributed by atoms with van der Waals surface area (Å²) in [5.41, 5.74) is 0. The van der Waals surface area contributed by atoms with Gasteiger partial charge in [0, 0.05) is 13.0 Å². The number of phosphoric ester groups is 1. The van der Waals surface area contributed by atoms with Crippen molar-refractivity contribution >= 4 is 13.8 Å². The summed E-state index contributed by atoms with van der Waals surface area (Å²) in [7, 11) is 1.37. The summed E-state index contributed by atoms with van der Waals surface area (Å²) in [4.78, 5) is 25.1. The number of rotatable bonds is 45. The minimum absolute atomic E-state index is 0.0294. The first-order valence-electron chi connectivity index (χ1n) is 23.9. The van der Waals surface area contributed by atoms with Gasteiger partial charge in [0.2, 0.25) is 0 Å². The second-order valence-corrected chi connectivity index (χ2v) is 18.9. The number of esters is 1. The molecule has 9 heteroatoms. The van der Waals surface area contributed by atoms with Crippen LogP contribution in [0.3, 0.4) is 0 Å². The molecule has 0 heterocycles. The standard InChI is InChI=1S/C47H94NO7P/c1-6-8-10-12-14-16-18-19-20-21-22-23-24-25-26-27-28-29-30-32-34-36-38-40-47(49)55-46(45-54-56(50,51)53-43-41-48(3,4)5)44-52-42-39-37-35-33-31-17-15-13-11-9-7-2/h21-22,46H,6-20,23-45H2,1-5H3/b22-21-. The Kier molecular flexibility index (Phi) is 40.4. The molecule has 0 saturated heterocycles. The molecule has 0 radical (unpaired) electrons. The highest BCUT2D eigenvalue weighted by atomic mass is 31.2. The van der Waals surface area contributed by atoms with E-state index in [4.69, 9.17) is 18.5 Å². The Balaban J connectivity index is 4.06. The smallest absolute Gasteiger partial charge is 0.306 e. The number of allylic oxidation sites excluding steroid dienone is 2. The summed E-state index contributed by atoms with van der Waals surface area (Å²) in [5.74, 6) is -0.331. The molecular weight excluding hydrogens is 721 g/mol. The van der Waals surface area contributed by atoms with Crippen LogP contribution in [0.5, 0.6) is 0 Å². The van der Waals surface area contributed by atoms with Crippen LogP contribution < -0.4 is 4.89 Å². The Bertz CT molecular complexity index is 909. The van der Waals surface area contributed by atoms with Gasteiger partial charge in [-0.15, -0.1) is 0 Å². The molecule has 56 heavy (non-hydrogen) atoms. The average molecular weight is 816 g/mol. The topological polar surface area (TPSA) is 94.1 Å². The van der Waals surface area contributed by atoms with Crippen LogP contribution in [0.15, 0.2) is 12.2 Å². The van der Waals surface area contributed by atoms with Crippen LogP contribution in [0.4, 0.5) is 0 Å². The molecule has 334 valence electrons. The lowest BCUT2D eigenvalue weighted by Gasteiger charge is -2.28. The predicted octanol–water partition coefficient (Wildman–Crippen LogP) is 13.6. The second kappa shape index (κ2) is 41.0. The summed E-state index contributed by atoms with van der Waals surface area (Å²) >= 11 is 0. The third kappa shape index (κ3) is 44.3. The lowest BCUT2D eigenvalue weighted by molar-refractivity contribution is -0.870. The Morgan fingerprint density at radius 1 is 0.536 bits per heavy atom. The molecule has 0 aliphatic rings. The van der Waals surface area contributed by atoms with Gasteiger partial charge in [0.05, 0.1) is 34.4 Å². The maximum atomic E-state index is 12.7. The molecule has 0 rings (SSSR count). The van der Waals surface area contributed by atoms with Crippen LogP contribution in [0.25, 0.3) is 0 Å². The van der Waals surface area contributed by atoms with E-state index in [1.807, 2.05) is 21.1 Å². The number of carbonyl (C=O) groups excluding carboxylic acids is 1. The maximum Gasteiger partial charge on any atom is 0.306 e. The van der Waals surface area contributed by atoms with Crippen molar-refractivity contribution in [2.45, 2.75) is 232 Å². The maximum absolute atomic E-state index is 12.7. The Morgan fingerprint density at radius 3 is 1.36 bits per heavy atom. The van der Waals surface area contributed by atoms with Crippen LogP contribution in [0.1, 0.15) is 226 Å². The average Bonchev–Trinajstić information content (AvgIpc) is 3.15. The van der Waals surface area contributed by atoms with Crippen LogP contribution in [-0.4, -0.2) is 70.7 Å². The largest absolute Gasteiger partial charge is 0.756 e. The number of phosphoric acid groups is 1. The highest BCUT2D eigenvalue weighted by molar-refractivity contribution is 7.45. The molecule has 0 bridgehead atoms. The zero-order valence-electron chi connectivity index (χ0n) is 37.9. The minimum Gasteiger partial charge on any atom is -0.756 e. The molecule has 0 aliphatic heterocycles. The number of quaternary nitrogens is 1. The van der Waals surface area contributed by atoms with Gasteiger partial charge >= 0.3 is 5.97 Å². The summed E-state index contributed by atoms with van der Waals surface area (Å²) in [6.07, 6.45) is 45.1. The summed E-state index contributed by atoms with van der Waals surface area (Å²) in [6, 6.07) is 0. The third-order valence-corrected chi connectivity index (χ3v) is 11.5. The quantitative estimate of drug-likeness (QED) is 0.0199. The van der Waals surface area contributed by atoms with Crippen molar-refractivity contribution in [2.24, 2.45) is 0 Å². The molecule has 0 N–H and O–H groups in total. The SMILES string of the molecule is CCCCCCCCCC/C=C\CCCCCCCCCCCCCC(=O)OC(COCCCCCCCCCCCCC)COP(=O)([O-])OCC[N+](C)(C)C. The Morgan fingerprint density at radius 2 is 0.929 bits per heavy atom. The van der Waals surface area contributed by atoms with Crippen molar-refractivity contribution in [1.82, 2.24) is 0 Å². The third-order valence-electron chi connectivity index (χ3n) is 10.6. The highest BCUT2D eigenvalue weighted by Gasteiger charge is 2.20. The van der Waals surface area contributed by atoms with Crippen LogP contribution in [0, 0.1) is 0 Å². The lowest BCUT2D eigenvalue weighted by Crippen LogP contribution is -2.37. The van der Waals surface area contributed by atoms with Crippen molar-refractivity contribution in [3.05, 3.63) is 12.2 Å². The van der Waals surface area contributed by atoms with E-state index in [2.05, 4.69) is 26.0 Å². The number of nitrogens with zero attached hydrogens (tertiary/aromatic N) is 1. The zero-order valence-corrected chi connectivity index (χ0v) is 38.7. The van der Waals surface area contributed by atoms with Gasteiger partial charge in [-0.3, -0.25) is 9.36 Å². The fourth-order valence-corrected chi connectivity index (χ4v) is 7.57. The Labute approximate surface area is 348 Å². The molecule has 2 unspecified atom stereocenters. The molecule has 8 nitrogen and oxygen atoms in total. The first-order chi connectivity index (χ1) is 27.1. The number of ether oxygens (including phenoxy) is 2. The lowest BCUT2D eigenvalue weighted by atomic mass is 10.0. The van der Waals surface area contributed by atoms with Gasteiger partial charge < -0.3 is 27.9 Å². The fraction of sp³-hybridized carbons (Fsp3) is 0.936. The molecule has 0 aromatic carbocycles. The van der Waals surface area contributed by atoms with Crippen LogP contribution in [-0.2, 0) is 27.9 Å². The van der Waals surface area contributed by atoms with E-state index in [1.54, 1.807) is 0 Å². The van der Waals surface area contributed by atoms with E-state index < -0.39 is 13.9 Å². The van der Waals surface area contributed by atoms with Gasteiger partial charge in [-0.2, -0.15) is 0 Å². The van der Waals surface area contributed by atoms with Gasteiger partial charge in [0.1, 0.15) is 19.3 Å². The molecule has 0 spiro atoms. The van der Waals surface area contributed by atoms with Crippen molar-refractivity contribution in [3.63, 3.8) is 0 Å². The zero-order chi connectivity index (χ0) is 41.3. The molecule has 0 amide bonds. The van der Waals surface area contributed by atoms with Crippen molar-refractivity contribution in [2.75, 3.05) is 54.1 Å². The van der Waals surface area contributed by atoms with Gasteiger partial charge in [0.15, 0.2) is 0 Å². The molecule has 0 aromatic heterocycles. The summed E-state index contributed by atoms with van der Waals surface area (Å²) < 4.78 is 34.6. The molecule has 2 atom stereocenters. The fourth-order valence-electron chi connectivity index (χ4n) is 6.84. The number of hydrogen-bond acceptors (Lipinski definition) is 7. The minimum atomic E-state index is -4.52. The second-order valence-electron chi connectivity index (χ2n) is 17.5. The molecule has 0 aromatic rings. The van der Waals surface area contributed by atoms with Gasteiger partial charge in [-0.05, 0) is 38.5 Å². The molecule has 0 fully saturated rings. The first kappa shape index (κ1) is 55.2. The number of unbranched alkanes of at least 4 members (excludes halogenated alkanes) is 29. The van der Waals surface area contributed by atoms with Crippen molar-refractivity contribution in [3.8, 4) is 0 Å². The van der Waals surface area contributed by atoms with Crippen LogP contribution in [0.2, 0.25) is 0 Å². The van der Waals surface area contributed by atoms with E-state index >= 15 is 0 Å². The molecule has 0 saturated carbocycles. The summed E-state index contributed by atoms with van der Waals surface area (Å²) in [6.45, 7) is 5.45. The van der Waals surface area contributed by atoms with E-state index in [1.165, 1.54) is 173 Å². The normalized spacial score (nSPS) is 13.8. The van der Waals surface area contributed by atoms with E-state index in [-0.39, 0.29) is 25.8 Å². The monoisotopic (exact) mass is 816 g/mol. The van der Waals surface area contributed by atoms with Crippen molar-refractivity contribution < 1.29 is 37.3 Å². The van der Waals surface area contributed by atoms with E-state index in [9.17, 15) is 14.3 Å². The Hall–Kier alpha value is -0.760. The molecule has 0 aliphatic carbocycles. The summed E-state index contributed by atoms with van der Waals surface area (Å²) in [5, 5.41) is 0. The van der Waals surface area contributed by atoms with E-state index in [0.717, 1.165) is 32.1 Å². The van der Waals surface area contributed by atoms with Crippen molar-refractivity contribution in [1.29, 1.82) is 0 Å². The highest BCUT2D eigenvalue weighted by Crippen LogP contribution is 2.38. The van der Waals surface area contributed by atoms with E-state index in [0.29, 0.717) is 24.1 Å². The predicted molar refractivity (Wildman–Crippen MR) is 236 cm³/mol. The first-order valence-corrected chi connectivity index (χ1v) is 25.4. The van der Waals surface area contributed by atoms with Gasteiger partial charge in [-0.25, -0.2) is 0 Å². The van der Waals surface area contributed by atoms with Crippen LogP contribution >= 0.6 is 7.82 Å². The molecular formula is C47H94NO7P.